The van der Waals surface area contributed by atoms with Crippen LogP contribution in [0.1, 0.15) is 30.1 Å². The monoisotopic (exact) mass is 526 g/mol. The van der Waals surface area contributed by atoms with E-state index in [1.165, 1.54) is 4.90 Å². The number of ether oxygens (including phenoxy) is 3. The lowest BCUT2D eigenvalue weighted by Crippen LogP contribution is -2.48. The molecule has 1 aliphatic rings. The SMILES string of the molecule is CCN1CC(=O)NCCOc2ccccc2C(=O)N[C@H](C(=O)NCCOc2ccc(OC)cc2)CCC1=O. The summed E-state index contributed by atoms with van der Waals surface area (Å²) in [6.07, 6.45) is 0.0247. The molecule has 4 amide bonds. The van der Waals surface area contributed by atoms with E-state index in [0.29, 0.717) is 23.8 Å². The van der Waals surface area contributed by atoms with Crippen LogP contribution in [0.5, 0.6) is 17.2 Å². The summed E-state index contributed by atoms with van der Waals surface area (Å²) >= 11 is 0. The van der Waals surface area contributed by atoms with E-state index in [1.54, 1.807) is 62.6 Å². The van der Waals surface area contributed by atoms with E-state index in [4.69, 9.17) is 14.2 Å². The quantitative estimate of drug-likeness (QED) is 0.460. The Kier molecular flexibility index (Phi) is 10.8. The van der Waals surface area contributed by atoms with Crippen molar-refractivity contribution in [2.45, 2.75) is 25.8 Å². The predicted molar refractivity (Wildman–Crippen MR) is 139 cm³/mol. The highest BCUT2D eigenvalue weighted by atomic mass is 16.5. The van der Waals surface area contributed by atoms with Gasteiger partial charge < -0.3 is 35.1 Å². The highest BCUT2D eigenvalue weighted by molar-refractivity contribution is 5.99. The molecule has 2 aromatic rings. The van der Waals surface area contributed by atoms with Gasteiger partial charge in [0, 0.05) is 13.0 Å². The van der Waals surface area contributed by atoms with Crippen LogP contribution in [0, 0.1) is 0 Å². The van der Waals surface area contributed by atoms with Crippen LogP contribution in [-0.2, 0) is 14.4 Å². The van der Waals surface area contributed by atoms with Gasteiger partial charge in [-0.1, -0.05) is 12.1 Å². The van der Waals surface area contributed by atoms with Crippen molar-refractivity contribution in [1.82, 2.24) is 20.9 Å². The molecule has 0 saturated heterocycles. The van der Waals surface area contributed by atoms with Gasteiger partial charge in [-0.15, -0.1) is 0 Å². The predicted octanol–water partition coefficient (Wildman–Crippen LogP) is 1.13. The van der Waals surface area contributed by atoms with Crippen LogP contribution in [0.25, 0.3) is 0 Å². The van der Waals surface area contributed by atoms with Crippen LogP contribution in [0.15, 0.2) is 48.5 Å². The molecular weight excluding hydrogens is 492 g/mol. The minimum atomic E-state index is -0.988. The number of rotatable bonds is 7. The lowest BCUT2D eigenvalue weighted by molar-refractivity contribution is -0.136. The summed E-state index contributed by atoms with van der Waals surface area (Å²) in [7, 11) is 1.58. The third kappa shape index (κ3) is 8.39. The van der Waals surface area contributed by atoms with Gasteiger partial charge in [0.25, 0.3) is 5.91 Å². The van der Waals surface area contributed by atoms with E-state index in [0.717, 1.165) is 0 Å². The molecule has 1 heterocycles. The lowest BCUT2D eigenvalue weighted by Gasteiger charge is -2.22. The first kappa shape index (κ1) is 28.3. The van der Waals surface area contributed by atoms with Crippen molar-refractivity contribution in [1.29, 1.82) is 0 Å². The molecule has 11 nitrogen and oxygen atoms in total. The number of nitrogens with one attached hydrogen (secondary N) is 3. The minimum absolute atomic E-state index is 0.0278. The Balaban J connectivity index is 1.68. The number of para-hydroxylation sites is 1. The number of amides is 4. The summed E-state index contributed by atoms with van der Waals surface area (Å²) in [6, 6.07) is 12.7. The Labute approximate surface area is 221 Å². The molecule has 204 valence electrons. The second kappa shape index (κ2) is 14.5. The number of methoxy groups -OCH3 is 1. The molecule has 11 heteroatoms. The number of carbonyl (C=O) groups excluding carboxylic acids is 4. The number of benzene rings is 2. The maximum atomic E-state index is 13.1. The summed E-state index contributed by atoms with van der Waals surface area (Å²) < 4.78 is 16.5. The Morgan fingerprint density at radius 3 is 2.58 bits per heavy atom. The number of hydrogen-bond acceptors (Lipinski definition) is 7. The largest absolute Gasteiger partial charge is 0.497 e. The van der Waals surface area contributed by atoms with E-state index in [1.807, 2.05) is 0 Å². The van der Waals surface area contributed by atoms with Gasteiger partial charge in [0.15, 0.2) is 0 Å². The smallest absolute Gasteiger partial charge is 0.255 e. The second-order valence-electron chi connectivity index (χ2n) is 8.48. The maximum Gasteiger partial charge on any atom is 0.255 e. The normalized spacial score (nSPS) is 17.1. The fourth-order valence-corrected chi connectivity index (χ4v) is 3.81. The lowest BCUT2D eigenvalue weighted by atomic mass is 10.1. The van der Waals surface area contributed by atoms with Crippen molar-refractivity contribution in [3.05, 3.63) is 54.1 Å². The zero-order chi connectivity index (χ0) is 27.3. The molecular formula is C27H34N4O7. The molecule has 0 aromatic heterocycles. The molecule has 0 unspecified atom stereocenters. The molecule has 38 heavy (non-hydrogen) atoms. The van der Waals surface area contributed by atoms with Gasteiger partial charge in [0.1, 0.15) is 36.5 Å². The van der Waals surface area contributed by atoms with Crippen molar-refractivity contribution >= 4 is 23.6 Å². The van der Waals surface area contributed by atoms with Gasteiger partial charge in [-0.3, -0.25) is 19.2 Å². The number of carbonyl (C=O) groups is 4. The summed E-state index contributed by atoms with van der Waals surface area (Å²) in [5, 5.41) is 8.21. The first-order chi connectivity index (χ1) is 18.4. The number of nitrogens with zero attached hydrogens (tertiary/aromatic N) is 1. The molecule has 3 rings (SSSR count). The van der Waals surface area contributed by atoms with Crippen molar-refractivity contribution in [3.8, 4) is 17.2 Å². The summed E-state index contributed by atoms with van der Waals surface area (Å²) in [4.78, 5) is 52.6. The topological polar surface area (TPSA) is 135 Å². The molecule has 0 saturated carbocycles. The average Bonchev–Trinajstić information content (AvgIpc) is 2.94. The van der Waals surface area contributed by atoms with Gasteiger partial charge in [0.05, 0.1) is 32.3 Å². The minimum Gasteiger partial charge on any atom is -0.497 e. The molecule has 0 fully saturated rings. The Bertz CT molecular complexity index is 1110. The molecule has 1 atom stereocenters. The van der Waals surface area contributed by atoms with E-state index >= 15 is 0 Å². The van der Waals surface area contributed by atoms with Crippen LogP contribution in [0.2, 0.25) is 0 Å². The number of fused-ring (bicyclic) bond motifs is 1. The van der Waals surface area contributed by atoms with Crippen LogP contribution in [-0.4, -0.2) is 81.1 Å². The zero-order valence-electron chi connectivity index (χ0n) is 21.7. The molecule has 0 aliphatic carbocycles. The molecule has 3 N–H and O–H groups in total. The summed E-state index contributed by atoms with van der Waals surface area (Å²) in [6.45, 7) is 2.74. The van der Waals surface area contributed by atoms with Crippen LogP contribution in [0.4, 0.5) is 0 Å². The van der Waals surface area contributed by atoms with E-state index in [2.05, 4.69) is 16.0 Å². The molecule has 1 aliphatic heterocycles. The van der Waals surface area contributed by atoms with Gasteiger partial charge in [-0.25, -0.2) is 0 Å². The zero-order valence-corrected chi connectivity index (χ0v) is 21.7. The first-order valence-electron chi connectivity index (χ1n) is 12.5. The standard InChI is InChI=1S/C27H34N4O7/c1-3-31-18-24(32)28-14-17-38-23-7-5-4-6-21(23)26(34)30-22(12-13-25(31)33)27(35)29-15-16-37-20-10-8-19(36-2)9-11-20/h4-11,22H,3,12-18H2,1-2H3,(H,28,32)(H,29,35)(H,30,34)/t22-/m0/s1. The third-order valence-electron chi connectivity index (χ3n) is 5.88. The fourth-order valence-electron chi connectivity index (χ4n) is 3.81. The second-order valence-corrected chi connectivity index (χ2v) is 8.48. The van der Waals surface area contributed by atoms with Gasteiger partial charge in [-0.05, 0) is 49.7 Å². The maximum absolute atomic E-state index is 13.1. The molecule has 2 aromatic carbocycles. The van der Waals surface area contributed by atoms with Crippen molar-refractivity contribution < 1.29 is 33.4 Å². The van der Waals surface area contributed by atoms with Gasteiger partial charge >= 0.3 is 0 Å². The van der Waals surface area contributed by atoms with Crippen molar-refractivity contribution in [2.24, 2.45) is 0 Å². The molecule has 0 bridgehead atoms. The van der Waals surface area contributed by atoms with Gasteiger partial charge in [0.2, 0.25) is 17.7 Å². The Morgan fingerprint density at radius 1 is 1.11 bits per heavy atom. The highest BCUT2D eigenvalue weighted by Crippen LogP contribution is 2.19. The Morgan fingerprint density at radius 2 is 1.84 bits per heavy atom. The first-order valence-corrected chi connectivity index (χ1v) is 12.5. The number of hydrogen-bond donors (Lipinski definition) is 3. The fraction of sp³-hybridized carbons (Fsp3) is 0.407. The Hall–Kier alpha value is -4.28. The van der Waals surface area contributed by atoms with E-state index in [-0.39, 0.29) is 63.1 Å². The van der Waals surface area contributed by atoms with Crippen LogP contribution >= 0.6 is 0 Å². The van der Waals surface area contributed by atoms with E-state index < -0.39 is 17.9 Å². The van der Waals surface area contributed by atoms with Crippen LogP contribution < -0.4 is 30.2 Å². The molecule has 0 spiro atoms. The van der Waals surface area contributed by atoms with E-state index in [9.17, 15) is 19.2 Å². The highest BCUT2D eigenvalue weighted by Gasteiger charge is 2.25. The average molecular weight is 527 g/mol. The van der Waals surface area contributed by atoms with Gasteiger partial charge in [-0.2, -0.15) is 0 Å². The molecule has 0 radical (unpaired) electrons. The summed E-state index contributed by atoms with van der Waals surface area (Å²) in [5.74, 6) is 0.0912. The third-order valence-corrected chi connectivity index (χ3v) is 5.88. The summed E-state index contributed by atoms with van der Waals surface area (Å²) in [5.41, 5.74) is 0.246. The van der Waals surface area contributed by atoms with Crippen molar-refractivity contribution in [3.63, 3.8) is 0 Å². The number of likely N-dealkylation sites (N-methyl/N-ethyl adjacent to an activating group) is 1. The van der Waals surface area contributed by atoms with Crippen molar-refractivity contribution in [2.75, 3.05) is 46.5 Å². The van der Waals surface area contributed by atoms with Crippen LogP contribution in [0.3, 0.4) is 0 Å².